The van der Waals surface area contributed by atoms with Crippen LogP contribution in [0.15, 0.2) is 21.2 Å². The minimum atomic E-state index is -0.151. The molecule has 1 aliphatic heterocycles. The second-order valence-corrected chi connectivity index (χ2v) is 4.87. The summed E-state index contributed by atoms with van der Waals surface area (Å²) >= 11 is 3.27. The Morgan fingerprint density at radius 3 is 3.06 bits per heavy atom. The molecule has 6 heteroatoms. The molecule has 1 aromatic rings. The molecule has 1 fully saturated rings. The average molecular weight is 324 g/mol. The number of rotatable bonds is 3. The summed E-state index contributed by atoms with van der Waals surface area (Å²) < 4.78 is 5.79. The summed E-state index contributed by atoms with van der Waals surface area (Å²) in [5.41, 5.74) is 0. The molecule has 0 spiro atoms. The van der Waals surface area contributed by atoms with E-state index < -0.39 is 0 Å². The first-order chi connectivity index (χ1) is 7.77. The lowest BCUT2D eigenvalue weighted by Crippen LogP contribution is -2.38. The van der Waals surface area contributed by atoms with Gasteiger partial charge in [-0.1, -0.05) is 0 Å². The number of piperidine rings is 1. The minimum Gasteiger partial charge on any atom is -0.458 e. The molecule has 1 aromatic heterocycles. The van der Waals surface area contributed by atoms with Gasteiger partial charge in [-0.05, 0) is 53.8 Å². The Labute approximate surface area is 115 Å². The van der Waals surface area contributed by atoms with E-state index in [0.29, 0.717) is 22.7 Å². The molecule has 1 saturated heterocycles. The zero-order valence-electron chi connectivity index (χ0n) is 9.37. The molecule has 0 saturated carbocycles. The highest BCUT2D eigenvalue weighted by atomic mass is 79.9. The fourth-order valence-corrected chi connectivity index (χ4v) is 2.25. The van der Waals surface area contributed by atoms with Crippen LogP contribution in [0.1, 0.15) is 23.4 Å². The van der Waals surface area contributed by atoms with Crippen molar-refractivity contribution in [1.29, 1.82) is 0 Å². The standard InChI is InChI=1S/C11H15BrN2O2.ClH/c12-9-3-5-16-10(9)11(15)14-7-8-2-1-4-13-6-8;/h3,5,8,13H,1-2,4,6-7H2,(H,14,15);1H. The van der Waals surface area contributed by atoms with Crippen LogP contribution in [-0.2, 0) is 0 Å². The molecule has 2 heterocycles. The highest BCUT2D eigenvalue weighted by Gasteiger charge is 2.17. The zero-order valence-corrected chi connectivity index (χ0v) is 11.8. The lowest BCUT2D eigenvalue weighted by atomic mass is 10.00. The van der Waals surface area contributed by atoms with Crippen LogP contribution in [0, 0.1) is 5.92 Å². The summed E-state index contributed by atoms with van der Waals surface area (Å²) in [6.07, 6.45) is 3.86. The second kappa shape index (κ2) is 7.03. The average Bonchev–Trinajstić information content (AvgIpc) is 2.74. The Kier molecular flexibility index (Phi) is 6.02. The van der Waals surface area contributed by atoms with E-state index >= 15 is 0 Å². The molecule has 0 radical (unpaired) electrons. The van der Waals surface area contributed by atoms with E-state index in [-0.39, 0.29) is 18.3 Å². The summed E-state index contributed by atoms with van der Waals surface area (Å²) in [4.78, 5) is 11.7. The SMILES string of the molecule is Cl.O=C(NCC1CCCNC1)c1occc1Br. The third kappa shape index (κ3) is 4.01. The number of hydrogen-bond acceptors (Lipinski definition) is 3. The van der Waals surface area contributed by atoms with Gasteiger partial charge in [0, 0.05) is 6.54 Å². The molecule has 1 aliphatic rings. The number of carbonyl (C=O) groups excluding carboxylic acids is 1. The number of carbonyl (C=O) groups is 1. The minimum absolute atomic E-state index is 0. The van der Waals surface area contributed by atoms with E-state index in [0.717, 1.165) is 13.1 Å². The van der Waals surface area contributed by atoms with Crippen LogP contribution in [0.4, 0.5) is 0 Å². The molecule has 0 aromatic carbocycles. The van der Waals surface area contributed by atoms with Gasteiger partial charge in [-0.25, -0.2) is 0 Å². The number of hydrogen-bond donors (Lipinski definition) is 2. The Balaban J connectivity index is 0.00000144. The van der Waals surface area contributed by atoms with E-state index in [4.69, 9.17) is 4.42 Å². The second-order valence-electron chi connectivity index (χ2n) is 4.02. The highest BCUT2D eigenvalue weighted by Crippen LogP contribution is 2.17. The van der Waals surface area contributed by atoms with Crippen molar-refractivity contribution in [1.82, 2.24) is 10.6 Å². The molecule has 1 unspecified atom stereocenters. The van der Waals surface area contributed by atoms with Crippen LogP contribution in [0.2, 0.25) is 0 Å². The van der Waals surface area contributed by atoms with E-state index in [1.807, 2.05) is 0 Å². The molecule has 96 valence electrons. The van der Waals surface area contributed by atoms with E-state index in [1.54, 1.807) is 6.07 Å². The van der Waals surface area contributed by atoms with E-state index in [2.05, 4.69) is 26.6 Å². The van der Waals surface area contributed by atoms with Gasteiger partial charge in [0.1, 0.15) is 0 Å². The topological polar surface area (TPSA) is 54.3 Å². The molecule has 0 aliphatic carbocycles. The van der Waals surface area contributed by atoms with Crippen LogP contribution in [0.5, 0.6) is 0 Å². The maximum absolute atomic E-state index is 11.7. The predicted molar refractivity (Wildman–Crippen MR) is 71.6 cm³/mol. The summed E-state index contributed by atoms with van der Waals surface area (Å²) in [5, 5.41) is 6.21. The fraction of sp³-hybridized carbons (Fsp3) is 0.545. The van der Waals surface area contributed by atoms with Gasteiger partial charge < -0.3 is 15.1 Å². The van der Waals surface area contributed by atoms with Crippen molar-refractivity contribution in [2.45, 2.75) is 12.8 Å². The van der Waals surface area contributed by atoms with Gasteiger partial charge in [0.05, 0.1) is 10.7 Å². The van der Waals surface area contributed by atoms with Gasteiger partial charge >= 0.3 is 0 Å². The number of furan rings is 1. The molecule has 0 bridgehead atoms. The van der Waals surface area contributed by atoms with Crippen LogP contribution < -0.4 is 10.6 Å². The van der Waals surface area contributed by atoms with Crippen molar-refractivity contribution >= 4 is 34.2 Å². The maximum Gasteiger partial charge on any atom is 0.288 e. The largest absolute Gasteiger partial charge is 0.458 e. The quantitative estimate of drug-likeness (QED) is 0.896. The van der Waals surface area contributed by atoms with E-state index in [1.165, 1.54) is 19.1 Å². The monoisotopic (exact) mass is 322 g/mol. The molecular weight excluding hydrogens is 307 g/mol. The van der Waals surface area contributed by atoms with Crippen LogP contribution >= 0.6 is 28.3 Å². The predicted octanol–water partition coefficient (Wildman–Crippen LogP) is 2.19. The van der Waals surface area contributed by atoms with Crippen LogP contribution in [0.3, 0.4) is 0 Å². The first kappa shape index (κ1) is 14.5. The van der Waals surface area contributed by atoms with Gasteiger partial charge in [0.2, 0.25) is 5.76 Å². The molecule has 4 nitrogen and oxygen atoms in total. The van der Waals surface area contributed by atoms with Crippen molar-refractivity contribution in [3.63, 3.8) is 0 Å². The Morgan fingerprint density at radius 1 is 1.65 bits per heavy atom. The number of halogens is 2. The summed E-state index contributed by atoms with van der Waals surface area (Å²) in [7, 11) is 0. The lowest BCUT2D eigenvalue weighted by Gasteiger charge is -2.22. The highest BCUT2D eigenvalue weighted by molar-refractivity contribution is 9.10. The van der Waals surface area contributed by atoms with Crippen molar-refractivity contribution in [2.24, 2.45) is 5.92 Å². The first-order valence-corrected chi connectivity index (χ1v) is 6.28. The molecule has 1 atom stereocenters. The molecule has 1 amide bonds. The Morgan fingerprint density at radius 2 is 2.47 bits per heavy atom. The van der Waals surface area contributed by atoms with Crippen molar-refractivity contribution in [3.8, 4) is 0 Å². The van der Waals surface area contributed by atoms with Gasteiger partial charge in [-0.2, -0.15) is 0 Å². The molecule has 2 N–H and O–H groups in total. The maximum atomic E-state index is 11.7. The van der Waals surface area contributed by atoms with E-state index in [9.17, 15) is 4.79 Å². The van der Waals surface area contributed by atoms with Crippen LogP contribution in [0.25, 0.3) is 0 Å². The number of nitrogens with one attached hydrogen (secondary N) is 2. The Hall–Kier alpha value is -0.520. The lowest BCUT2D eigenvalue weighted by molar-refractivity contribution is 0.0916. The summed E-state index contributed by atoms with van der Waals surface area (Å²) in [5.74, 6) is 0.734. The third-order valence-corrected chi connectivity index (χ3v) is 3.40. The summed E-state index contributed by atoms with van der Waals surface area (Å²) in [6.45, 7) is 2.78. The van der Waals surface area contributed by atoms with Crippen molar-refractivity contribution in [3.05, 3.63) is 22.6 Å². The third-order valence-electron chi connectivity index (χ3n) is 2.77. The normalized spacial score (nSPS) is 19.5. The van der Waals surface area contributed by atoms with Crippen molar-refractivity contribution in [2.75, 3.05) is 19.6 Å². The zero-order chi connectivity index (χ0) is 11.4. The Bertz CT molecular complexity index is 364. The molecular formula is C11H16BrClN2O2. The first-order valence-electron chi connectivity index (χ1n) is 5.49. The van der Waals surface area contributed by atoms with Gasteiger partial charge in [0.15, 0.2) is 0 Å². The van der Waals surface area contributed by atoms with Crippen LogP contribution in [-0.4, -0.2) is 25.5 Å². The molecule has 2 rings (SSSR count). The fourth-order valence-electron chi connectivity index (χ4n) is 1.87. The van der Waals surface area contributed by atoms with Gasteiger partial charge in [0.25, 0.3) is 5.91 Å². The van der Waals surface area contributed by atoms with Gasteiger partial charge in [-0.15, -0.1) is 12.4 Å². The molecule has 17 heavy (non-hydrogen) atoms. The summed E-state index contributed by atoms with van der Waals surface area (Å²) in [6, 6.07) is 1.72. The van der Waals surface area contributed by atoms with Gasteiger partial charge in [-0.3, -0.25) is 4.79 Å². The van der Waals surface area contributed by atoms with Crippen molar-refractivity contribution < 1.29 is 9.21 Å². The number of amides is 1. The smallest absolute Gasteiger partial charge is 0.288 e.